The van der Waals surface area contributed by atoms with Crippen molar-refractivity contribution in [1.29, 1.82) is 0 Å². The van der Waals surface area contributed by atoms with Gasteiger partial charge in [0.05, 0.1) is 0 Å². The zero-order valence-electron chi connectivity index (χ0n) is 11.0. The zero-order valence-corrected chi connectivity index (χ0v) is 11.7. The Balaban J connectivity index is 3.00. The van der Waals surface area contributed by atoms with E-state index >= 15 is 0 Å². The van der Waals surface area contributed by atoms with Gasteiger partial charge in [0.2, 0.25) is 0 Å². The van der Waals surface area contributed by atoms with Crippen molar-refractivity contribution in [2.24, 2.45) is 5.73 Å². The van der Waals surface area contributed by atoms with E-state index in [1.807, 2.05) is 6.92 Å². The Hall–Kier alpha value is -0.940. The van der Waals surface area contributed by atoms with Gasteiger partial charge in [-0.1, -0.05) is 24.6 Å². The van der Waals surface area contributed by atoms with Gasteiger partial charge in [-0.25, -0.2) is 0 Å². The van der Waals surface area contributed by atoms with E-state index < -0.39 is 12.7 Å². The number of rotatable bonds is 5. The van der Waals surface area contributed by atoms with E-state index in [2.05, 4.69) is 0 Å². The number of nitrogens with two attached hydrogens (primary N) is 1. The number of anilines is 1. The van der Waals surface area contributed by atoms with Crippen molar-refractivity contribution in [3.63, 3.8) is 0 Å². The van der Waals surface area contributed by atoms with Crippen LogP contribution in [0.5, 0.6) is 0 Å². The highest BCUT2D eigenvalue weighted by atomic mass is 35.5. The van der Waals surface area contributed by atoms with Crippen molar-refractivity contribution < 1.29 is 13.2 Å². The van der Waals surface area contributed by atoms with Gasteiger partial charge in [0.1, 0.15) is 6.54 Å². The summed E-state index contributed by atoms with van der Waals surface area (Å²) in [4.78, 5) is 1.27. The van der Waals surface area contributed by atoms with Gasteiger partial charge in [-0.15, -0.1) is 0 Å². The van der Waals surface area contributed by atoms with Gasteiger partial charge < -0.3 is 10.6 Å². The first kappa shape index (κ1) is 16.1. The van der Waals surface area contributed by atoms with E-state index in [0.717, 1.165) is 5.56 Å². The lowest BCUT2D eigenvalue weighted by Gasteiger charge is -2.26. The van der Waals surface area contributed by atoms with Crippen LogP contribution in [0.4, 0.5) is 18.9 Å². The number of halogens is 4. The molecule has 0 bridgehead atoms. The summed E-state index contributed by atoms with van der Waals surface area (Å²) in [7, 11) is 0. The summed E-state index contributed by atoms with van der Waals surface area (Å²) in [6.45, 7) is 2.96. The van der Waals surface area contributed by atoms with Gasteiger partial charge in [-0.05, 0) is 31.0 Å². The summed E-state index contributed by atoms with van der Waals surface area (Å²) in [5.41, 5.74) is 6.92. The maximum atomic E-state index is 12.5. The Morgan fingerprint density at radius 3 is 2.42 bits per heavy atom. The molecular formula is C13H18ClF3N2. The van der Waals surface area contributed by atoms with Crippen LogP contribution in [0.25, 0.3) is 0 Å². The van der Waals surface area contributed by atoms with E-state index in [1.165, 1.54) is 4.90 Å². The Kier molecular flexibility index (Phi) is 5.50. The normalized spacial score (nSPS) is 13.4. The van der Waals surface area contributed by atoms with E-state index in [4.69, 9.17) is 17.3 Å². The standard InChI is InChI=1S/C13H18ClF3N2/c1-3-6-19(8-13(15,16)17)10-4-5-11(9(2)18)12(14)7-10/h4-5,7,9H,3,6,8,18H2,1-2H3. The van der Waals surface area contributed by atoms with Crippen molar-refractivity contribution in [2.45, 2.75) is 32.5 Å². The highest BCUT2D eigenvalue weighted by molar-refractivity contribution is 6.31. The minimum Gasteiger partial charge on any atom is -0.363 e. The molecule has 108 valence electrons. The molecule has 0 heterocycles. The predicted molar refractivity (Wildman–Crippen MR) is 72.6 cm³/mol. The fraction of sp³-hybridized carbons (Fsp3) is 0.538. The lowest BCUT2D eigenvalue weighted by Crippen LogP contribution is -2.34. The molecule has 2 nitrogen and oxygen atoms in total. The van der Waals surface area contributed by atoms with Crippen LogP contribution in [0.2, 0.25) is 5.02 Å². The minimum absolute atomic E-state index is 0.246. The molecular weight excluding hydrogens is 277 g/mol. The number of hydrogen-bond donors (Lipinski definition) is 1. The van der Waals surface area contributed by atoms with Crippen LogP contribution in [0.1, 0.15) is 31.9 Å². The Labute approximate surface area is 116 Å². The van der Waals surface area contributed by atoms with Crippen molar-refractivity contribution in [2.75, 3.05) is 18.0 Å². The Bertz CT molecular complexity index is 419. The molecule has 1 rings (SSSR count). The second kappa shape index (κ2) is 6.48. The second-order valence-corrected chi connectivity index (χ2v) is 4.94. The van der Waals surface area contributed by atoms with Gasteiger partial charge in [0, 0.05) is 23.3 Å². The molecule has 1 aromatic rings. The van der Waals surface area contributed by atoms with Crippen LogP contribution >= 0.6 is 11.6 Å². The van der Waals surface area contributed by atoms with Crippen LogP contribution in [0.3, 0.4) is 0 Å². The molecule has 2 N–H and O–H groups in total. The fourth-order valence-electron chi connectivity index (χ4n) is 1.87. The lowest BCUT2D eigenvalue weighted by molar-refractivity contribution is -0.119. The van der Waals surface area contributed by atoms with Crippen LogP contribution in [-0.2, 0) is 0 Å². The maximum Gasteiger partial charge on any atom is 0.405 e. The first-order valence-corrected chi connectivity index (χ1v) is 6.49. The van der Waals surface area contributed by atoms with Crippen LogP contribution in [-0.4, -0.2) is 19.3 Å². The largest absolute Gasteiger partial charge is 0.405 e. The average Bonchev–Trinajstić information content (AvgIpc) is 2.26. The SMILES string of the molecule is CCCN(CC(F)(F)F)c1ccc(C(C)N)c(Cl)c1. The summed E-state index contributed by atoms with van der Waals surface area (Å²) in [6.07, 6.45) is -3.61. The lowest BCUT2D eigenvalue weighted by atomic mass is 10.1. The first-order valence-electron chi connectivity index (χ1n) is 6.11. The topological polar surface area (TPSA) is 29.3 Å². The third-order valence-electron chi connectivity index (χ3n) is 2.70. The Morgan fingerprint density at radius 1 is 1.37 bits per heavy atom. The van der Waals surface area contributed by atoms with Crippen LogP contribution in [0, 0.1) is 0 Å². The molecule has 1 aromatic carbocycles. The molecule has 19 heavy (non-hydrogen) atoms. The molecule has 0 aliphatic carbocycles. The van der Waals surface area contributed by atoms with E-state index in [-0.39, 0.29) is 6.04 Å². The van der Waals surface area contributed by atoms with Gasteiger partial charge in [0.25, 0.3) is 0 Å². The van der Waals surface area contributed by atoms with Gasteiger partial charge in [-0.3, -0.25) is 0 Å². The molecule has 0 radical (unpaired) electrons. The Morgan fingerprint density at radius 2 is 2.00 bits per heavy atom. The molecule has 6 heteroatoms. The minimum atomic E-state index is -4.23. The number of alkyl halides is 3. The molecule has 1 unspecified atom stereocenters. The van der Waals surface area contributed by atoms with Gasteiger partial charge >= 0.3 is 6.18 Å². The van der Waals surface area contributed by atoms with Crippen molar-refractivity contribution >= 4 is 17.3 Å². The summed E-state index contributed by atoms with van der Waals surface area (Å²) < 4.78 is 37.6. The molecule has 0 amide bonds. The highest BCUT2D eigenvalue weighted by Crippen LogP contribution is 2.29. The molecule has 0 spiro atoms. The van der Waals surface area contributed by atoms with Crippen molar-refractivity contribution in [3.05, 3.63) is 28.8 Å². The van der Waals surface area contributed by atoms with E-state index in [9.17, 15) is 13.2 Å². The van der Waals surface area contributed by atoms with E-state index in [1.54, 1.807) is 25.1 Å². The molecule has 0 fully saturated rings. The number of nitrogens with zero attached hydrogens (tertiary/aromatic N) is 1. The summed E-state index contributed by atoms with van der Waals surface area (Å²) >= 11 is 6.05. The monoisotopic (exact) mass is 294 g/mol. The molecule has 0 aliphatic heterocycles. The second-order valence-electron chi connectivity index (χ2n) is 4.53. The molecule has 0 aliphatic rings. The first-order chi connectivity index (χ1) is 8.74. The number of benzene rings is 1. The average molecular weight is 295 g/mol. The summed E-state index contributed by atoms with van der Waals surface area (Å²) in [5, 5.41) is 0.399. The fourth-order valence-corrected chi connectivity index (χ4v) is 2.21. The summed E-state index contributed by atoms with van der Waals surface area (Å²) in [5.74, 6) is 0. The summed E-state index contributed by atoms with van der Waals surface area (Å²) in [6, 6.07) is 4.61. The van der Waals surface area contributed by atoms with Gasteiger partial charge in [0.15, 0.2) is 0 Å². The highest BCUT2D eigenvalue weighted by Gasteiger charge is 2.30. The smallest absolute Gasteiger partial charge is 0.363 e. The third kappa shape index (κ3) is 4.91. The molecule has 0 aromatic heterocycles. The molecule has 1 atom stereocenters. The maximum absolute atomic E-state index is 12.5. The predicted octanol–water partition coefficient (Wildman–Crippen LogP) is 4.14. The zero-order chi connectivity index (χ0) is 14.6. The van der Waals surface area contributed by atoms with Crippen LogP contribution in [0.15, 0.2) is 18.2 Å². The van der Waals surface area contributed by atoms with Gasteiger partial charge in [-0.2, -0.15) is 13.2 Å². The quantitative estimate of drug-likeness (QED) is 0.884. The van der Waals surface area contributed by atoms with Crippen LogP contribution < -0.4 is 10.6 Å². The molecule has 0 saturated carbocycles. The van der Waals surface area contributed by atoms with E-state index in [0.29, 0.717) is 23.7 Å². The molecule has 0 saturated heterocycles. The number of hydrogen-bond acceptors (Lipinski definition) is 2. The van der Waals surface area contributed by atoms with Crippen molar-refractivity contribution in [3.8, 4) is 0 Å². The third-order valence-corrected chi connectivity index (χ3v) is 3.03. The van der Waals surface area contributed by atoms with Crippen molar-refractivity contribution in [1.82, 2.24) is 0 Å².